The smallest absolute Gasteiger partial charge is 0.240 e. The van der Waals surface area contributed by atoms with Gasteiger partial charge in [0.05, 0.1) is 22.1 Å². The number of hydrogen-bond acceptors (Lipinski definition) is 4. The number of thiazole rings is 1. The number of hydrogen-bond donors (Lipinski definition) is 1. The number of rotatable bonds is 4. The maximum atomic E-state index is 12.8. The molecule has 0 aliphatic rings. The second-order valence-electron chi connectivity index (χ2n) is 5.67. The van der Waals surface area contributed by atoms with E-state index in [1.807, 2.05) is 5.38 Å². The highest BCUT2D eigenvalue weighted by Gasteiger charge is 2.19. The SMILES string of the molecule is CC(C)(C)c1nc(CNS(=O)(=O)c2ccc(F)cc2)cs1. The zero-order valence-electron chi connectivity index (χ0n) is 12.1. The lowest BCUT2D eigenvalue weighted by atomic mass is 9.98. The van der Waals surface area contributed by atoms with E-state index in [0.717, 1.165) is 17.1 Å². The van der Waals surface area contributed by atoms with Crippen molar-refractivity contribution in [3.8, 4) is 0 Å². The molecule has 7 heteroatoms. The Hall–Kier alpha value is -1.31. The Morgan fingerprint density at radius 1 is 1.24 bits per heavy atom. The van der Waals surface area contributed by atoms with E-state index in [0.29, 0.717) is 5.69 Å². The Labute approximate surface area is 128 Å². The van der Waals surface area contributed by atoms with Gasteiger partial charge in [-0.15, -0.1) is 11.3 Å². The predicted molar refractivity (Wildman–Crippen MR) is 81.2 cm³/mol. The molecule has 0 amide bonds. The van der Waals surface area contributed by atoms with Gasteiger partial charge in [-0.1, -0.05) is 20.8 Å². The van der Waals surface area contributed by atoms with Gasteiger partial charge in [0.2, 0.25) is 10.0 Å². The van der Waals surface area contributed by atoms with Crippen molar-refractivity contribution in [2.24, 2.45) is 0 Å². The van der Waals surface area contributed by atoms with Crippen LogP contribution in [0.25, 0.3) is 0 Å². The van der Waals surface area contributed by atoms with Crippen LogP contribution >= 0.6 is 11.3 Å². The number of nitrogens with zero attached hydrogens (tertiary/aromatic N) is 1. The van der Waals surface area contributed by atoms with Crippen LogP contribution in [0.15, 0.2) is 34.5 Å². The highest BCUT2D eigenvalue weighted by atomic mass is 32.2. The van der Waals surface area contributed by atoms with Gasteiger partial charge in [-0.05, 0) is 24.3 Å². The van der Waals surface area contributed by atoms with E-state index in [9.17, 15) is 12.8 Å². The summed E-state index contributed by atoms with van der Waals surface area (Å²) < 4.78 is 39.4. The normalized spacial score (nSPS) is 12.6. The van der Waals surface area contributed by atoms with Crippen molar-refractivity contribution in [1.29, 1.82) is 0 Å². The topological polar surface area (TPSA) is 59.1 Å². The zero-order valence-corrected chi connectivity index (χ0v) is 13.7. The fraction of sp³-hybridized carbons (Fsp3) is 0.357. The second kappa shape index (κ2) is 5.82. The lowest BCUT2D eigenvalue weighted by molar-refractivity contribution is 0.575. The summed E-state index contributed by atoms with van der Waals surface area (Å²) in [6, 6.07) is 4.71. The Bertz CT molecular complexity index is 716. The van der Waals surface area contributed by atoms with Gasteiger partial charge in [0.15, 0.2) is 0 Å². The van der Waals surface area contributed by atoms with Crippen LogP contribution in [0.3, 0.4) is 0 Å². The first-order chi connectivity index (χ1) is 9.68. The molecule has 0 bridgehead atoms. The van der Waals surface area contributed by atoms with E-state index in [-0.39, 0.29) is 16.9 Å². The van der Waals surface area contributed by atoms with Gasteiger partial charge in [-0.25, -0.2) is 22.5 Å². The third-order valence-corrected chi connectivity index (χ3v) is 5.49. The minimum Gasteiger partial charge on any atom is -0.244 e. The Morgan fingerprint density at radius 2 is 1.86 bits per heavy atom. The van der Waals surface area contributed by atoms with Crippen LogP contribution in [0.2, 0.25) is 0 Å². The highest BCUT2D eigenvalue weighted by Crippen LogP contribution is 2.25. The van der Waals surface area contributed by atoms with Crippen molar-refractivity contribution in [2.45, 2.75) is 37.6 Å². The average molecular weight is 328 g/mol. The summed E-state index contributed by atoms with van der Waals surface area (Å²) in [4.78, 5) is 4.46. The molecular weight excluding hydrogens is 311 g/mol. The summed E-state index contributed by atoms with van der Waals surface area (Å²) >= 11 is 1.51. The van der Waals surface area contributed by atoms with Crippen LogP contribution in [0.5, 0.6) is 0 Å². The largest absolute Gasteiger partial charge is 0.244 e. The Balaban J connectivity index is 2.08. The first-order valence-corrected chi connectivity index (χ1v) is 8.75. The molecule has 0 fully saturated rings. The summed E-state index contributed by atoms with van der Waals surface area (Å²) in [6.07, 6.45) is 0. The molecule has 0 unspecified atom stereocenters. The monoisotopic (exact) mass is 328 g/mol. The second-order valence-corrected chi connectivity index (χ2v) is 8.30. The van der Waals surface area contributed by atoms with Crippen LogP contribution in [-0.4, -0.2) is 13.4 Å². The molecule has 0 spiro atoms. The molecule has 0 radical (unpaired) electrons. The van der Waals surface area contributed by atoms with E-state index < -0.39 is 15.8 Å². The lowest BCUT2D eigenvalue weighted by Crippen LogP contribution is -2.23. The first-order valence-electron chi connectivity index (χ1n) is 6.38. The molecular formula is C14H17FN2O2S2. The number of halogens is 1. The highest BCUT2D eigenvalue weighted by molar-refractivity contribution is 7.89. The third kappa shape index (κ3) is 4.09. The molecule has 1 heterocycles. The third-order valence-electron chi connectivity index (χ3n) is 2.76. The number of aromatic nitrogens is 1. The van der Waals surface area contributed by atoms with Gasteiger partial charge < -0.3 is 0 Å². The lowest BCUT2D eigenvalue weighted by Gasteiger charge is -2.13. The first kappa shape index (κ1) is 16.1. The molecule has 1 aromatic carbocycles. The van der Waals surface area contributed by atoms with Crippen LogP contribution < -0.4 is 4.72 Å². The number of sulfonamides is 1. The standard InChI is InChI=1S/C14H17FN2O2S2/c1-14(2,3)13-17-11(9-20-13)8-16-21(18,19)12-6-4-10(15)5-7-12/h4-7,9,16H,8H2,1-3H3. The van der Waals surface area contributed by atoms with Gasteiger partial charge in [0.1, 0.15) is 5.82 Å². The Morgan fingerprint density at radius 3 is 2.38 bits per heavy atom. The van der Waals surface area contributed by atoms with Crippen molar-refractivity contribution in [1.82, 2.24) is 9.71 Å². The quantitative estimate of drug-likeness (QED) is 0.938. The minimum atomic E-state index is -3.65. The fourth-order valence-corrected chi connectivity index (χ4v) is 3.50. The molecule has 0 saturated carbocycles. The molecule has 2 aromatic rings. The molecule has 2 rings (SSSR count). The summed E-state index contributed by atoms with van der Waals surface area (Å²) in [6.45, 7) is 6.28. The summed E-state index contributed by atoms with van der Waals surface area (Å²) in [7, 11) is -3.65. The van der Waals surface area contributed by atoms with Crippen molar-refractivity contribution >= 4 is 21.4 Å². The maximum absolute atomic E-state index is 12.8. The van der Waals surface area contributed by atoms with Crippen LogP contribution in [0.4, 0.5) is 4.39 Å². The van der Waals surface area contributed by atoms with E-state index in [2.05, 4.69) is 30.5 Å². The summed E-state index contributed by atoms with van der Waals surface area (Å²) in [5.74, 6) is -0.469. The molecule has 0 aliphatic carbocycles. The fourth-order valence-electron chi connectivity index (χ4n) is 1.60. The van der Waals surface area contributed by atoms with Gasteiger partial charge in [-0.2, -0.15) is 0 Å². The molecule has 0 aliphatic heterocycles. The maximum Gasteiger partial charge on any atom is 0.240 e. The summed E-state index contributed by atoms with van der Waals surface area (Å²) in [5.41, 5.74) is 0.620. The summed E-state index contributed by atoms with van der Waals surface area (Å²) in [5, 5.41) is 2.80. The Kier molecular flexibility index (Phi) is 4.46. The number of benzene rings is 1. The predicted octanol–water partition coefficient (Wildman–Crippen LogP) is 3.06. The van der Waals surface area contributed by atoms with Crippen LogP contribution in [0.1, 0.15) is 31.5 Å². The van der Waals surface area contributed by atoms with Gasteiger partial charge in [0.25, 0.3) is 0 Å². The molecule has 0 atom stereocenters. The van der Waals surface area contributed by atoms with Crippen molar-refractivity contribution in [3.63, 3.8) is 0 Å². The van der Waals surface area contributed by atoms with Gasteiger partial charge in [0, 0.05) is 10.8 Å². The van der Waals surface area contributed by atoms with E-state index >= 15 is 0 Å². The van der Waals surface area contributed by atoms with Crippen LogP contribution in [0, 0.1) is 5.82 Å². The van der Waals surface area contributed by atoms with E-state index in [1.165, 1.54) is 23.5 Å². The van der Waals surface area contributed by atoms with Crippen molar-refractivity contribution < 1.29 is 12.8 Å². The average Bonchev–Trinajstić information content (AvgIpc) is 2.86. The van der Waals surface area contributed by atoms with E-state index in [1.54, 1.807) is 0 Å². The molecule has 21 heavy (non-hydrogen) atoms. The van der Waals surface area contributed by atoms with Crippen LogP contribution in [-0.2, 0) is 22.0 Å². The van der Waals surface area contributed by atoms with E-state index in [4.69, 9.17) is 0 Å². The molecule has 4 nitrogen and oxygen atoms in total. The molecule has 1 N–H and O–H groups in total. The number of nitrogens with one attached hydrogen (secondary N) is 1. The van der Waals surface area contributed by atoms with Gasteiger partial charge in [-0.3, -0.25) is 0 Å². The molecule has 0 saturated heterocycles. The van der Waals surface area contributed by atoms with Crippen molar-refractivity contribution in [3.05, 3.63) is 46.2 Å². The molecule has 114 valence electrons. The zero-order chi connectivity index (χ0) is 15.7. The minimum absolute atomic E-state index is 0.0372. The van der Waals surface area contributed by atoms with Crippen molar-refractivity contribution in [2.75, 3.05) is 0 Å². The molecule has 1 aromatic heterocycles. The van der Waals surface area contributed by atoms with Gasteiger partial charge >= 0.3 is 0 Å².